The number of nitrogens with one attached hydrogen (secondary N) is 4. The van der Waals surface area contributed by atoms with Crippen molar-refractivity contribution >= 4 is 56.8 Å². The Balaban J connectivity index is 0.753. The number of carbonyl (C=O) groups is 4. The molecule has 15 nitrogen and oxygen atoms in total. The molecule has 60 heavy (non-hydrogen) atoms. The van der Waals surface area contributed by atoms with Crippen molar-refractivity contribution in [2.75, 3.05) is 54.1 Å². The van der Waals surface area contributed by atoms with Crippen LogP contribution in [0.3, 0.4) is 0 Å². The van der Waals surface area contributed by atoms with Gasteiger partial charge in [-0.15, -0.1) is 0 Å². The highest BCUT2D eigenvalue weighted by Gasteiger charge is 2.62. The van der Waals surface area contributed by atoms with E-state index in [0.717, 1.165) is 98.9 Å². The number of para-hydroxylation sites is 1. The minimum atomic E-state index is -3.57. The summed E-state index contributed by atoms with van der Waals surface area (Å²) in [5, 5.41) is 11.9. The zero-order chi connectivity index (χ0) is 42.0. The van der Waals surface area contributed by atoms with Crippen LogP contribution >= 0.6 is 0 Å². The summed E-state index contributed by atoms with van der Waals surface area (Å²) in [4.78, 5) is 64.1. The Morgan fingerprint density at radius 3 is 2.45 bits per heavy atom. The van der Waals surface area contributed by atoms with Crippen LogP contribution in [0, 0.1) is 5.92 Å². The Morgan fingerprint density at radius 2 is 1.72 bits per heavy atom. The number of imide groups is 1. The molecule has 5 fully saturated rings. The standard InChI is InChI=1S/C44H63N9O6S/c1-29-11-8-16-36(29)53-40-33(44(22-23-44)42(53)57)27-46-43(50-40)47-31-20-25-52(26-21-31)60(58,59)32-14-10-24-51(28-32)38(55)17-7-5-3-4-6-12-30-13-9-15-34(39(30)45-2)48-35-18-19-37(54)49-41(35)56/h9,13,15,27,29,31-32,35-36,45,48H,3-8,10-12,14,16-26,28H2,1-2H3,(H,46,47,50)(H,49,54,56). The molecule has 1 aromatic heterocycles. The van der Waals surface area contributed by atoms with Crippen molar-refractivity contribution in [1.29, 1.82) is 0 Å². The minimum absolute atomic E-state index is 0.0240. The van der Waals surface area contributed by atoms with E-state index in [1.54, 1.807) is 9.21 Å². The molecule has 4 amide bonds. The van der Waals surface area contributed by atoms with Gasteiger partial charge in [0.25, 0.3) is 0 Å². The van der Waals surface area contributed by atoms with Crippen LogP contribution in [0.2, 0.25) is 0 Å². The smallest absolute Gasteiger partial charge is 0.249 e. The molecule has 6 aliphatic rings. The first-order valence-corrected chi connectivity index (χ1v) is 24.1. The number of aromatic nitrogens is 2. The molecule has 4 aliphatic heterocycles. The van der Waals surface area contributed by atoms with Gasteiger partial charge in [0, 0.05) is 69.9 Å². The third-order valence-electron chi connectivity index (χ3n) is 14.1. The van der Waals surface area contributed by atoms with Crippen LogP contribution in [0.1, 0.15) is 127 Å². The van der Waals surface area contributed by atoms with E-state index in [1.165, 1.54) is 0 Å². The minimum Gasteiger partial charge on any atom is -0.386 e. The number of nitrogens with zero attached hydrogens (tertiary/aromatic N) is 5. The fourth-order valence-electron chi connectivity index (χ4n) is 10.4. The average Bonchev–Trinajstić information content (AvgIpc) is 3.90. The summed E-state index contributed by atoms with van der Waals surface area (Å²) in [5.74, 6) is 1.43. The lowest BCUT2D eigenvalue weighted by Crippen LogP contribution is -2.52. The number of piperidine rings is 3. The van der Waals surface area contributed by atoms with Crippen molar-refractivity contribution in [3.8, 4) is 0 Å². The third-order valence-corrected chi connectivity index (χ3v) is 16.5. The molecule has 4 N–H and O–H groups in total. The van der Waals surface area contributed by atoms with E-state index >= 15 is 0 Å². The number of likely N-dealkylation sites (tertiary alicyclic amines) is 1. The van der Waals surface area contributed by atoms with Gasteiger partial charge in [0.2, 0.25) is 39.6 Å². The summed E-state index contributed by atoms with van der Waals surface area (Å²) in [5.41, 5.74) is 3.52. The molecule has 3 saturated heterocycles. The molecule has 2 saturated carbocycles. The monoisotopic (exact) mass is 845 g/mol. The number of hydrogen-bond donors (Lipinski definition) is 4. The van der Waals surface area contributed by atoms with E-state index < -0.39 is 26.7 Å². The predicted molar refractivity (Wildman–Crippen MR) is 231 cm³/mol. The van der Waals surface area contributed by atoms with E-state index in [4.69, 9.17) is 4.98 Å². The fraction of sp³-hybridized carbons (Fsp3) is 0.682. The number of rotatable bonds is 16. The lowest BCUT2D eigenvalue weighted by molar-refractivity contribution is -0.134. The number of benzene rings is 1. The van der Waals surface area contributed by atoms with Crippen LogP contribution in [-0.4, -0.2) is 108 Å². The largest absolute Gasteiger partial charge is 0.386 e. The number of hydrogen-bond acceptors (Lipinski definition) is 11. The Bertz CT molecular complexity index is 2050. The molecule has 326 valence electrons. The van der Waals surface area contributed by atoms with Gasteiger partial charge in [-0.05, 0) is 94.6 Å². The molecule has 1 spiro atoms. The van der Waals surface area contributed by atoms with Gasteiger partial charge in [-0.25, -0.2) is 17.7 Å². The molecular weight excluding hydrogens is 783 g/mol. The summed E-state index contributed by atoms with van der Waals surface area (Å²) < 4.78 is 29.4. The number of fused-ring (bicyclic) bond motifs is 2. The summed E-state index contributed by atoms with van der Waals surface area (Å²) >= 11 is 0. The van der Waals surface area contributed by atoms with Crippen LogP contribution < -0.4 is 26.2 Å². The van der Waals surface area contributed by atoms with Gasteiger partial charge in [-0.3, -0.25) is 29.4 Å². The average molecular weight is 846 g/mol. The first kappa shape index (κ1) is 42.4. The molecule has 0 radical (unpaired) electrons. The van der Waals surface area contributed by atoms with Crippen molar-refractivity contribution < 1.29 is 27.6 Å². The Morgan fingerprint density at radius 1 is 0.933 bits per heavy atom. The quantitative estimate of drug-likeness (QED) is 0.130. The lowest BCUT2D eigenvalue weighted by atomic mass is 10.0. The predicted octanol–water partition coefficient (Wildman–Crippen LogP) is 5.08. The first-order valence-electron chi connectivity index (χ1n) is 22.6. The third kappa shape index (κ3) is 8.73. The molecule has 2 aliphatic carbocycles. The number of aryl methyl sites for hydroxylation is 1. The Labute approximate surface area is 354 Å². The van der Waals surface area contributed by atoms with Gasteiger partial charge in [0.15, 0.2) is 0 Å². The van der Waals surface area contributed by atoms with Crippen LogP contribution in [0.5, 0.6) is 0 Å². The van der Waals surface area contributed by atoms with Crippen LogP contribution in [0.15, 0.2) is 24.4 Å². The zero-order valence-electron chi connectivity index (χ0n) is 35.3. The second kappa shape index (κ2) is 18.0. The maximum Gasteiger partial charge on any atom is 0.249 e. The first-order chi connectivity index (χ1) is 29.0. The highest BCUT2D eigenvalue weighted by atomic mass is 32.2. The van der Waals surface area contributed by atoms with E-state index in [1.807, 2.05) is 30.3 Å². The van der Waals surface area contributed by atoms with Crippen molar-refractivity contribution in [2.24, 2.45) is 5.92 Å². The van der Waals surface area contributed by atoms with E-state index in [-0.39, 0.29) is 42.3 Å². The Kier molecular flexibility index (Phi) is 12.7. The molecule has 8 rings (SSSR count). The number of amides is 4. The van der Waals surface area contributed by atoms with Gasteiger partial charge in [-0.1, -0.05) is 44.7 Å². The van der Waals surface area contributed by atoms with Crippen molar-refractivity contribution in [3.63, 3.8) is 0 Å². The van der Waals surface area contributed by atoms with Gasteiger partial charge in [0.1, 0.15) is 11.9 Å². The molecular formula is C44H63N9O6S. The summed E-state index contributed by atoms with van der Waals surface area (Å²) in [6.45, 7) is 3.90. The van der Waals surface area contributed by atoms with Crippen molar-refractivity contribution in [2.45, 2.75) is 151 Å². The number of unbranched alkanes of at least 4 members (excludes halogenated alkanes) is 4. The topological polar surface area (TPSA) is 186 Å². The Hall–Kier alpha value is -4.31. The molecule has 2 aromatic rings. The van der Waals surface area contributed by atoms with E-state index in [0.29, 0.717) is 76.4 Å². The summed E-state index contributed by atoms with van der Waals surface area (Å²) in [6, 6.07) is 5.78. The molecule has 16 heteroatoms. The van der Waals surface area contributed by atoms with Gasteiger partial charge in [0.05, 0.1) is 22.0 Å². The highest BCUT2D eigenvalue weighted by Crippen LogP contribution is 2.58. The number of carbonyl (C=O) groups excluding carboxylic acids is 4. The van der Waals surface area contributed by atoms with Gasteiger partial charge >= 0.3 is 0 Å². The SMILES string of the molecule is CNc1c(CCCCCCCC(=O)N2CCCC(S(=O)(=O)N3CCC(Nc4ncc5c(n4)N(C4CCCC4C)C(=O)C54CC4)CC3)C2)cccc1NC1CCC(=O)NC1=O. The van der Waals surface area contributed by atoms with E-state index in [2.05, 4.69) is 39.2 Å². The van der Waals surface area contributed by atoms with E-state index in [9.17, 15) is 27.6 Å². The lowest BCUT2D eigenvalue weighted by Gasteiger charge is -2.38. The number of sulfonamides is 1. The van der Waals surface area contributed by atoms with Gasteiger partial charge < -0.3 is 20.9 Å². The fourth-order valence-corrected chi connectivity index (χ4v) is 12.4. The summed E-state index contributed by atoms with van der Waals surface area (Å²) in [7, 11) is -1.70. The van der Waals surface area contributed by atoms with Crippen LogP contribution in [0.25, 0.3) is 0 Å². The zero-order valence-corrected chi connectivity index (χ0v) is 36.2. The van der Waals surface area contributed by atoms with Gasteiger partial charge in [-0.2, -0.15) is 4.98 Å². The molecule has 5 heterocycles. The maximum absolute atomic E-state index is 13.9. The summed E-state index contributed by atoms with van der Waals surface area (Å²) in [6.07, 6.45) is 16.2. The second-order valence-electron chi connectivity index (χ2n) is 18.1. The molecule has 1 aromatic carbocycles. The molecule has 4 unspecified atom stereocenters. The normalized spacial score (nSPS) is 25.7. The van der Waals surface area contributed by atoms with Crippen LogP contribution in [0.4, 0.5) is 23.1 Å². The van der Waals surface area contributed by atoms with Crippen molar-refractivity contribution in [3.05, 3.63) is 35.5 Å². The maximum atomic E-state index is 13.9. The molecule has 0 bridgehead atoms. The number of anilines is 4. The second-order valence-corrected chi connectivity index (χ2v) is 20.3. The van der Waals surface area contributed by atoms with Crippen LogP contribution in [-0.2, 0) is 41.0 Å². The molecule has 4 atom stereocenters. The van der Waals surface area contributed by atoms with Crippen molar-refractivity contribution in [1.82, 2.24) is 24.5 Å². The highest BCUT2D eigenvalue weighted by molar-refractivity contribution is 7.89.